The van der Waals surface area contributed by atoms with Gasteiger partial charge >= 0.3 is 0 Å². The Bertz CT molecular complexity index is 505. The van der Waals surface area contributed by atoms with E-state index in [1.54, 1.807) is 0 Å². The lowest BCUT2D eigenvalue weighted by Crippen LogP contribution is -2.36. The molecule has 0 spiro atoms. The predicted molar refractivity (Wildman–Crippen MR) is 80.5 cm³/mol. The molecule has 2 heteroatoms. The fourth-order valence-corrected chi connectivity index (χ4v) is 2.60. The molecule has 0 aromatic heterocycles. The second-order valence-electron chi connectivity index (χ2n) is 5.43. The van der Waals surface area contributed by atoms with E-state index in [0.717, 1.165) is 11.1 Å². The predicted octanol–water partition coefficient (Wildman–Crippen LogP) is 3.18. The van der Waals surface area contributed by atoms with Crippen LogP contribution in [0.2, 0.25) is 0 Å². The van der Waals surface area contributed by atoms with E-state index >= 15 is 0 Å². The SMILES string of the molecule is CC(=O)CC(O)(Cc1ccccc1)Cc1ccccc1. The highest BCUT2D eigenvalue weighted by Crippen LogP contribution is 2.23. The first-order valence-corrected chi connectivity index (χ1v) is 6.87. The molecular formula is C18H20O2. The Hall–Kier alpha value is -1.93. The maximum atomic E-state index is 11.5. The van der Waals surface area contributed by atoms with Crippen LogP contribution < -0.4 is 0 Å². The number of carbonyl (C=O) groups is 1. The average molecular weight is 268 g/mol. The zero-order valence-electron chi connectivity index (χ0n) is 11.8. The van der Waals surface area contributed by atoms with Crippen molar-refractivity contribution in [2.24, 2.45) is 0 Å². The van der Waals surface area contributed by atoms with Crippen molar-refractivity contribution in [1.29, 1.82) is 0 Å². The standard InChI is InChI=1S/C18H20O2/c1-15(19)12-18(20,13-16-8-4-2-5-9-16)14-17-10-6-3-7-11-17/h2-11,20H,12-14H2,1H3. The number of rotatable bonds is 6. The zero-order valence-corrected chi connectivity index (χ0v) is 11.8. The van der Waals surface area contributed by atoms with E-state index in [4.69, 9.17) is 0 Å². The first-order chi connectivity index (χ1) is 9.57. The van der Waals surface area contributed by atoms with E-state index in [1.807, 2.05) is 60.7 Å². The lowest BCUT2D eigenvalue weighted by molar-refractivity contribution is -0.121. The van der Waals surface area contributed by atoms with Crippen LogP contribution in [0.5, 0.6) is 0 Å². The summed E-state index contributed by atoms with van der Waals surface area (Å²) in [6.07, 6.45) is 1.15. The Morgan fingerprint density at radius 3 is 1.65 bits per heavy atom. The minimum absolute atomic E-state index is 0.0133. The second kappa shape index (κ2) is 6.49. The molecule has 0 saturated carbocycles. The molecule has 0 aliphatic carbocycles. The minimum atomic E-state index is -1.02. The monoisotopic (exact) mass is 268 g/mol. The van der Waals surface area contributed by atoms with Gasteiger partial charge in [-0.3, -0.25) is 4.79 Å². The molecule has 0 fully saturated rings. The van der Waals surface area contributed by atoms with Crippen molar-refractivity contribution in [1.82, 2.24) is 0 Å². The van der Waals surface area contributed by atoms with Crippen LogP contribution in [0.25, 0.3) is 0 Å². The number of benzene rings is 2. The van der Waals surface area contributed by atoms with Crippen LogP contribution in [0.1, 0.15) is 24.5 Å². The lowest BCUT2D eigenvalue weighted by atomic mass is 9.84. The molecule has 0 unspecified atom stereocenters. The third kappa shape index (κ3) is 4.32. The van der Waals surface area contributed by atoms with Gasteiger partial charge in [-0.05, 0) is 18.1 Å². The molecule has 2 aromatic carbocycles. The number of hydrogen-bond acceptors (Lipinski definition) is 2. The van der Waals surface area contributed by atoms with Crippen LogP contribution in [0.15, 0.2) is 60.7 Å². The average Bonchev–Trinajstić information content (AvgIpc) is 2.39. The zero-order chi connectivity index (χ0) is 14.4. The highest BCUT2D eigenvalue weighted by atomic mass is 16.3. The van der Waals surface area contributed by atoms with Gasteiger partial charge in [-0.1, -0.05) is 60.7 Å². The van der Waals surface area contributed by atoms with E-state index in [9.17, 15) is 9.90 Å². The largest absolute Gasteiger partial charge is 0.389 e. The number of hydrogen-bond donors (Lipinski definition) is 1. The summed E-state index contributed by atoms with van der Waals surface area (Å²) in [5, 5.41) is 10.9. The summed E-state index contributed by atoms with van der Waals surface area (Å²) in [5.74, 6) is 0.0133. The van der Waals surface area contributed by atoms with Crippen molar-refractivity contribution in [3.8, 4) is 0 Å². The Labute approximate surface area is 120 Å². The highest BCUT2D eigenvalue weighted by molar-refractivity contribution is 5.76. The van der Waals surface area contributed by atoms with E-state index in [1.165, 1.54) is 6.92 Å². The van der Waals surface area contributed by atoms with E-state index < -0.39 is 5.60 Å². The molecule has 2 rings (SSSR count). The van der Waals surface area contributed by atoms with Gasteiger partial charge in [0.1, 0.15) is 5.78 Å². The molecule has 1 N–H and O–H groups in total. The summed E-state index contributed by atoms with van der Waals surface area (Å²) < 4.78 is 0. The van der Waals surface area contributed by atoms with Crippen LogP contribution in [0.3, 0.4) is 0 Å². The summed E-state index contributed by atoms with van der Waals surface area (Å²) >= 11 is 0. The fourth-order valence-electron chi connectivity index (χ4n) is 2.60. The van der Waals surface area contributed by atoms with Gasteiger partial charge in [0.25, 0.3) is 0 Å². The summed E-state index contributed by atoms with van der Waals surface area (Å²) in [6.45, 7) is 1.53. The molecule has 0 atom stereocenters. The molecule has 2 aromatic rings. The van der Waals surface area contributed by atoms with Gasteiger partial charge in [-0.15, -0.1) is 0 Å². The molecule has 0 heterocycles. The number of aliphatic hydroxyl groups is 1. The summed E-state index contributed by atoms with van der Waals surface area (Å²) in [7, 11) is 0. The normalized spacial score (nSPS) is 11.3. The molecule has 0 aliphatic heterocycles. The third-order valence-electron chi connectivity index (χ3n) is 3.33. The molecule has 0 amide bonds. The number of ketones is 1. The quantitative estimate of drug-likeness (QED) is 0.873. The van der Waals surface area contributed by atoms with Gasteiger partial charge in [0.05, 0.1) is 5.60 Å². The third-order valence-corrected chi connectivity index (χ3v) is 3.33. The number of carbonyl (C=O) groups excluding carboxylic acids is 1. The Balaban J connectivity index is 2.19. The van der Waals surface area contributed by atoms with Crippen LogP contribution >= 0.6 is 0 Å². The molecular weight excluding hydrogens is 248 g/mol. The first-order valence-electron chi connectivity index (χ1n) is 6.87. The lowest BCUT2D eigenvalue weighted by Gasteiger charge is -2.27. The summed E-state index contributed by atoms with van der Waals surface area (Å²) in [5.41, 5.74) is 1.08. The van der Waals surface area contributed by atoms with Gasteiger partial charge in [0.2, 0.25) is 0 Å². The van der Waals surface area contributed by atoms with Gasteiger partial charge in [-0.25, -0.2) is 0 Å². The van der Waals surface area contributed by atoms with Crippen LogP contribution in [0, 0.1) is 0 Å². The Kier molecular flexibility index (Phi) is 4.70. The van der Waals surface area contributed by atoms with Gasteiger partial charge < -0.3 is 5.11 Å². The van der Waals surface area contributed by atoms with Crippen molar-refractivity contribution in [2.45, 2.75) is 31.8 Å². The summed E-state index contributed by atoms with van der Waals surface area (Å²) in [4.78, 5) is 11.5. The highest BCUT2D eigenvalue weighted by Gasteiger charge is 2.29. The van der Waals surface area contributed by atoms with Gasteiger partial charge in [-0.2, -0.15) is 0 Å². The molecule has 0 bridgehead atoms. The van der Waals surface area contributed by atoms with Crippen molar-refractivity contribution in [2.75, 3.05) is 0 Å². The van der Waals surface area contributed by atoms with Crippen LogP contribution in [0.4, 0.5) is 0 Å². The fraction of sp³-hybridized carbons (Fsp3) is 0.278. The minimum Gasteiger partial charge on any atom is -0.389 e. The maximum Gasteiger partial charge on any atom is 0.132 e. The molecule has 0 aliphatic rings. The first kappa shape index (κ1) is 14.5. The molecule has 20 heavy (non-hydrogen) atoms. The summed E-state index contributed by atoms with van der Waals surface area (Å²) in [6, 6.07) is 19.6. The molecule has 0 radical (unpaired) electrons. The molecule has 2 nitrogen and oxygen atoms in total. The van der Waals surface area contributed by atoms with Crippen LogP contribution in [-0.4, -0.2) is 16.5 Å². The van der Waals surface area contributed by atoms with Crippen LogP contribution in [-0.2, 0) is 17.6 Å². The Morgan fingerprint density at radius 1 is 0.900 bits per heavy atom. The van der Waals surface area contributed by atoms with E-state index in [0.29, 0.717) is 12.8 Å². The van der Waals surface area contributed by atoms with E-state index in [-0.39, 0.29) is 12.2 Å². The van der Waals surface area contributed by atoms with E-state index in [2.05, 4.69) is 0 Å². The molecule has 104 valence electrons. The molecule has 0 saturated heterocycles. The van der Waals surface area contributed by atoms with Gasteiger partial charge in [0, 0.05) is 19.3 Å². The smallest absolute Gasteiger partial charge is 0.132 e. The Morgan fingerprint density at radius 2 is 1.30 bits per heavy atom. The van der Waals surface area contributed by atoms with Crippen molar-refractivity contribution >= 4 is 5.78 Å². The van der Waals surface area contributed by atoms with Crippen molar-refractivity contribution in [3.05, 3.63) is 71.8 Å². The number of Topliss-reactive ketones (excluding diaryl/α,β-unsaturated/α-hetero) is 1. The topological polar surface area (TPSA) is 37.3 Å². The van der Waals surface area contributed by atoms with Gasteiger partial charge in [0.15, 0.2) is 0 Å². The maximum absolute atomic E-state index is 11.5. The van der Waals surface area contributed by atoms with Crippen molar-refractivity contribution < 1.29 is 9.90 Å². The second-order valence-corrected chi connectivity index (χ2v) is 5.43. The van der Waals surface area contributed by atoms with Crippen molar-refractivity contribution in [3.63, 3.8) is 0 Å².